The number of phenolic OH excluding ortho intramolecular Hbond substituents is 3. The van der Waals surface area contributed by atoms with Crippen LogP contribution in [0.4, 0.5) is 5.69 Å². The third-order valence-electron chi connectivity index (χ3n) is 5.89. The summed E-state index contributed by atoms with van der Waals surface area (Å²) in [6, 6.07) is 0. The first-order chi connectivity index (χ1) is 12.4. The first kappa shape index (κ1) is 18.6. The highest BCUT2D eigenvalue weighted by molar-refractivity contribution is 5.76. The molecule has 1 aromatic rings. The Morgan fingerprint density at radius 3 is 2.50 bits per heavy atom. The number of benzene rings is 1. The quantitative estimate of drug-likeness (QED) is 0.317. The van der Waals surface area contributed by atoms with Crippen molar-refractivity contribution < 1.29 is 20.4 Å². The Kier molecular flexibility index (Phi) is 5.19. The van der Waals surface area contributed by atoms with Gasteiger partial charge in [0.05, 0.1) is 0 Å². The molecule has 3 atom stereocenters. The van der Waals surface area contributed by atoms with Crippen LogP contribution in [0, 0.1) is 5.92 Å². The molecule has 5 heteroatoms. The number of allylic oxidation sites excluding steroid dienone is 3. The standard InChI is InChI=1S/C21H29NO4/c1-11(2)14-5-4-12(3)10-15(14)17-18-16(19(24)21(26)20(17)25)13(7-9-23)6-8-22-18/h10,13-15,22-26H,1,4-9H2,2-3H3/t13-,14-,15+/m0/s1. The molecule has 0 spiro atoms. The minimum Gasteiger partial charge on any atom is -0.504 e. The van der Waals surface area contributed by atoms with E-state index in [0.717, 1.165) is 24.8 Å². The molecule has 0 saturated carbocycles. The Hall–Kier alpha value is -2.14. The van der Waals surface area contributed by atoms with Crippen molar-refractivity contribution >= 4 is 5.69 Å². The number of aliphatic hydroxyl groups excluding tert-OH is 1. The second-order valence-corrected chi connectivity index (χ2v) is 7.70. The van der Waals surface area contributed by atoms with Gasteiger partial charge in [0.1, 0.15) is 0 Å². The fourth-order valence-corrected chi connectivity index (χ4v) is 4.53. The summed E-state index contributed by atoms with van der Waals surface area (Å²) >= 11 is 0. The molecular weight excluding hydrogens is 330 g/mol. The molecule has 0 unspecified atom stereocenters. The van der Waals surface area contributed by atoms with Gasteiger partial charge in [0.2, 0.25) is 5.75 Å². The largest absolute Gasteiger partial charge is 0.504 e. The van der Waals surface area contributed by atoms with Gasteiger partial charge in [-0.2, -0.15) is 0 Å². The van der Waals surface area contributed by atoms with E-state index < -0.39 is 5.75 Å². The summed E-state index contributed by atoms with van der Waals surface area (Å²) in [5.41, 5.74) is 4.22. The number of nitrogens with one attached hydrogen (secondary N) is 1. The van der Waals surface area contributed by atoms with Gasteiger partial charge in [0, 0.05) is 35.9 Å². The van der Waals surface area contributed by atoms with Crippen LogP contribution in [0.15, 0.2) is 23.8 Å². The lowest BCUT2D eigenvalue weighted by Gasteiger charge is -2.36. The number of anilines is 1. The molecule has 1 aromatic carbocycles. The van der Waals surface area contributed by atoms with Crippen LogP contribution in [0.5, 0.6) is 17.2 Å². The van der Waals surface area contributed by atoms with Gasteiger partial charge in [-0.3, -0.25) is 0 Å². The van der Waals surface area contributed by atoms with Gasteiger partial charge in [-0.25, -0.2) is 0 Å². The molecule has 142 valence electrons. The third-order valence-corrected chi connectivity index (χ3v) is 5.89. The summed E-state index contributed by atoms with van der Waals surface area (Å²) in [7, 11) is 0. The predicted molar refractivity (Wildman–Crippen MR) is 103 cm³/mol. The van der Waals surface area contributed by atoms with Crippen LogP contribution >= 0.6 is 0 Å². The van der Waals surface area contributed by atoms with E-state index in [2.05, 4.69) is 24.9 Å². The molecule has 0 bridgehead atoms. The predicted octanol–water partition coefficient (Wildman–Crippen LogP) is 4.10. The monoisotopic (exact) mass is 359 g/mol. The summed E-state index contributed by atoms with van der Waals surface area (Å²) < 4.78 is 0. The van der Waals surface area contributed by atoms with Crippen LogP contribution in [-0.4, -0.2) is 33.6 Å². The second-order valence-electron chi connectivity index (χ2n) is 7.70. The van der Waals surface area contributed by atoms with Crippen LogP contribution < -0.4 is 5.32 Å². The zero-order valence-corrected chi connectivity index (χ0v) is 15.5. The van der Waals surface area contributed by atoms with Crippen molar-refractivity contribution in [2.75, 3.05) is 18.5 Å². The van der Waals surface area contributed by atoms with Gasteiger partial charge in [-0.1, -0.05) is 23.8 Å². The topological polar surface area (TPSA) is 93.0 Å². The number of aliphatic hydroxyl groups is 1. The highest BCUT2D eigenvalue weighted by Crippen LogP contribution is 2.56. The number of rotatable bonds is 4. The first-order valence-electron chi connectivity index (χ1n) is 9.34. The molecule has 3 rings (SSSR count). The van der Waals surface area contributed by atoms with Crippen LogP contribution in [0.3, 0.4) is 0 Å². The fraction of sp³-hybridized carbons (Fsp3) is 0.524. The average molecular weight is 359 g/mol. The maximum atomic E-state index is 10.7. The zero-order valence-electron chi connectivity index (χ0n) is 15.5. The van der Waals surface area contributed by atoms with Crippen LogP contribution in [0.2, 0.25) is 0 Å². The maximum Gasteiger partial charge on any atom is 0.201 e. The van der Waals surface area contributed by atoms with Gasteiger partial charge in [-0.05, 0) is 51.4 Å². The zero-order chi connectivity index (χ0) is 19.0. The van der Waals surface area contributed by atoms with Gasteiger partial charge in [0.15, 0.2) is 11.5 Å². The summed E-state index contributed by atoms with van der Waals surface area (Å²) in [6.45, 7) is 8.91. The van der Waals surface area contributed by atoms with Crippen molar-refractivity contribution in [3.05, 3.63) is 34.9 Å². The Balaban J connectivity index is 2.24. The minimum atomic E-state index is -0.470. The number of phenols is 3. The van der Waals surface area contributed by atoms with Gasteiger partial charge in [0.25, 0.3) is 0 Å². The third kappa shape index (κ3) is 3.05. The van der Waals surface area contributed by atoms with Crippen LogP contribution in [0.1, 0.15) is 62.5 Å². The lowest BCUT2D eigenvalue weighted by Crippen LogP contribution is -2.23. The smallest absolute Gasteiger partial charge is 0.201 e. The van der Waals surface area contributed by atoms with E-state index in [1.807, 2.05) is 6.92 Å². The second kappa shape index (κ2) is 7.23. The number of hydrogen-bond donors (Lipinski definition) is 5. The van der Waals surface area contributed by atoms with E-state index in [1.165, 1.54) is 5.57 Å². The minimum absolute atomic E-state index is 0.0113. The van der Waals surface area contributed by atoms with Gasteiger partial charge < -0.3 is 25.7 Å². The Morgan fingerprint density at radius 1 is 1.15 bits per heavy atom. The van der Waals surface area contributed by atoms with Crippen molar-refractivity contribution in [1.29, 1.82) is 0 Å². The molecule has 5 N–H and O–H groups in total. The highest BCUT2D eigenvalue weighted by Gasteiger charge is 2.36. The molecule has 0 saturated heterocycles. The van der Waals surface area contributed by atoms with Crippen molar-refractivity contribution in [1.82, 2.24) is 0 Å². The Bertz CT molecular complexity index is 753. The van der Waals surface area contributed by atoms with Gasteiger partial charge >= 0.3 is 0 Å². The normalized spacial score (nSPS) is 25.2. The molecule has 2 aliphatic rings. The highest BCUT2D eigenvalue weighted by atomic mass is 16.3. The molecule has 1 aliphatic carbocycles. The van der Waals surface area contributed by atoms with Crippen molar-refractivity contribution in [2.45, 2.75) is 51.4 Å². The Morgan fingerprint density at radius 2 is 1.85 bits per heavy atom. The van der Waals surface area contributed by atoms with E-state index in [-0.39, 0.29) is 35.9 Å². The van der Waals surface area contributed by atoms with E-state index in [9.17, 15) is 20.4 Å². The molecule has 5 nitrogen and oxygen atoms in total. The SMILES string of the molecule is C=C(C)[C@@H]1CCC(C)=C[C@H]1c1c(O)c(O)c(O)c2c1NCC[C@H]2CCO. The first-order valence-corrected chi connectivity index (χ1v) is 9.34. The molecule has 1 aliphatic heterocycles. The number of aromatic hydroxyl groups is 3. The molecule has 0 aromatic heterocycles. The van der Waals surface area contributed by atoms with Crippen LogP contribution in [0.25, 0.3) is 0 Å². The van der Waals surface area contributed by atoms with Gasteiger partial charge in [-0.15, -0.1) is 0 Å². The summed E-state index contributed by atoms with van der Waals surface area (Å²) in [5, 5.41) is 44.4. The lowest BCUT2D eigenvalue weighted by atomic mass is 9.72. The average Bonchev–Trinajstić information content (AvgIpc) is 2.60. The van der Waals surface area contributed by atoms with E-state index in [1.54, 1.807) is 0 Å². The molecule has 26 heavy (non-hydrogen) atoms. The summed E-state index contributed by atoms with van der Waals surface area (Å²) in [5.74, 6) is -1.02. The molecule has 0 radical (unpaired) electrons. The number of hydrogen-bond acceptors (Lipinski definition) is 5. The van der Waals surface area contributed by atoms with Crippen LogP contribution in [-0.2, 0) is 0 Å². The lowest BCUT2D eigenvalue weighted by molar-refractivity contribution is 0.270. The Labute approximate surface area is 154 Å². The van der Waals surface area contributed by atoms with Crippen molar-refractivity contribution in [3.8, 4) is 17.2 Å². The molecular formula is C21H29NO4. The van der Waals surface area contributed by atoms with Crippen molar-refractivity contribution in [2.24, 2.45) is 5.92 Å². The van der Waals surface area contributed by atoms with E-state index in [0.29, 0.717) is 29.8 Å². The molecule has 1 heterocycles. The van der Waals surface area contributed by atoms with E-state index >= 15 is 0 Å². The maximum absolute atomic E-state index is 10.7. The van der Waals surface area contributed by atoms with Crippen molar-refractivity contribution in [3.63, 3.8) is 0 Å². The molecule has 0 amide bonds. The fourth-order valence-electron chi connectivity index (χ4n) is 4.53. The number of fused-ring (bicyclic) bond motifs is 1. The summed E-state index contributed by atoms with van der Waals surface area (Å²) in [4.78, 5) is 0. The molecule has 0 fully saturated rings. The van der Waals surface area contributed by atoms with E-state index in [4.69, 9.17) is 0 Å². The summed E-state index contributed by atoms with van der Waals surface area (Å²) in [6.07, 6.45) is 5.34.